The lowest BCUT2D eigenvalue weighted by atomic mass is 9.97. The van der Waals surface area contributed by atoms with Gasteiger partial charge in [-0.25, -0.2) is 0 Å². The van der Waals surface area contributed by atoms with Crippen LogP contribution in [0.25, 0.3) is 0 Å². The summed E-state index contributed by atoms with van der Waals surface area (Å²) in [6, 6.07) is 0. The fraction of sp³-hybridized carbons (Fsp3) is 0.462. The molecule has 0 aliphatic heterocycles. The minimum Gasteiger partial charge on any atom is -0.469 e. The van der Waals surface area contributed by atoms with Crippen molar-refractivity contribution >= 4 is 5.97 Å². The lowest BCUT2D eigenvalue weighted by Gasteiger charge is -2.09. The summed E-state index contributed by atoms with van der Waals surface area (Å²) >= 11 is 0. The molecule has 0 fully saturated rings. The van der Waals surface area contributed by atoms with Gasteiger partial charge in [-0.2, -0.15) is 0 Å². The molecule has 0 aromatic heterocycles. The van der Waals surface area contributed by atoms with Crippen LogP contribution < -0.4 is 0 Å². The fourth-order valence-corrected chi connectivity index (χ4v) is 1.11. The van der Waals surface area contributed by atoms with E-state index in [1.807, 2.05) is 32.1 Å². The monoisotopic (exact) mass is 206 g/mol. The lowest BCUT2D eigenvalue weighted by molar-refractivity contribution is -0.141. The Kier molecular flexibility index (Phi) is 7.09. The van der Waals surface area contributed by atoms with Gasteiger partial charge in [0.05, 0.1) is 19.4 Å². The molecule has 0 rings (SSSR count). The zero-order chi connectivity index (χ0) is 11.7. The summed E-state index contributed by atoms with van der Waals surface area (Å²) in [5.74, 6) is 5.57. The lowest BCUT2D eigenvalue weighted by Crippen LogP contribution is -2.09. The zero-order valence-corrected chi connectivity index (χ0v) is 9.83. The molecule has 0 aromatic rings. The van der Waals surface area contributed by atoms with E-state index >= 15 is 0 Å². The number of hydrogen-bond acceptors (Lipinski definition) is 2. The molecule has 0 bridgehead atoms. The van der Waals surface area contributed by atoms with Gasteiger partial charge >= 0.3 is 5.97 Å². The van der Waals surface area contributed by atoms with Gasteiger partial charge in [0, 0.05) is 0 Å². The Bertz CT molecular complexity index is 313. The second kappa shape index (κ2) is 7.87. The van der Waals surface area contributed by atoms with Gasteiger partial charge in [0.2, 0.25) is 0 Å². The fourth-order valence-electron chi connectivity index (χ4n) is 1.11. The summed E-state index contributed by atoms with van der Waals surface area (Å²) in [6.45, 7) is 5.69. The molecule has 0 spiro atoms. The third-order valence-corrected chi connectivity index (χ3v) is 2.02. The van der Waals surface area contributed by atoms with Crippen molar-refractivity contribution in [2.45, 2.75) is 27.2 Å². The average Bonchev–Trinajstić information content (AvgIpc) is 2.24. The first-order valence-electron chi connectivity index (χ1n) is 4.94. The Morgan fingerprint density at radius 2 is 2.20 bits per heavy atom. The normalized spacial score (nSPS) is 13.2. The molecule has 0 aromatic carbocycles. The van der Waals surface area contributed by atoms with Crippen LogP contribution in [-0.4, -0.2) is 13.1 Å². The molecule has 15 heavy (non-hydrogen) atoms. The predicted molar refractivity (Wildman–Crippen MR) is 62.1 cm³/mol. The number of allylic oxidation sites excluding steroid dienone is 4. The number of ether oxygens (including phenoxy) is 1. The molecular weight excluding hydrogens is 188 g/mol. The number of rotatable bonds is 4. The van der Waals surface area contributed by atoms with Crippen molar-refractivity contribution in [3.05, 3.63) is 23.8 Å². The molecular formula is C13H18O2. The summed E-state index contributed by atoms with van der Waals surface area (Å²) in [4.78, 5) is 11.1. The summed E-state index contributed by atoms with van der Waals surface area (Å²) in [5.41, 5.74) is 1.08. The molecule has 0 aliphatic rings. The van der Waals surface area contributed by atoms with E-state index in [9.17, 15) is 4.79 Å². The molecule has 0 heterocycles. The van der Waals surface area contributed by atoms with Gasteiger partial charge < -0.3 is 4.74 Å². The first-order chi connectivity index (χ1) is 7.15. The summed E-state index contributed by atoms with van der Waals surface area (Å²) in [5, 5.41) is 0. The van der Waals surface area contributed by atoms with Crippen molar-refractivity contribution in [3.63, 3.8) is 0 Å². The highest BCUT2D eigenvalue weighted by Gasteiger charge is 2.12. The van der Waals surface area contributed by atoms with Crippen LogP contribution in [0.3, 0.4) is 0 Å². The Morgan fingerprint density at radius 3 is 2.67 bits per heavy atom. The average molecular weight is 206 g/mol. The molecule has 0 saturated heterocycles. The van der Waals surface area contributed by atoms with Gasteiger partial charge in [-0.1, -0.05) is 29.7 Å². The number of carbonyl (C=O) groups is 1. The zero-order valence-electron chi connectivity index (χ0n) is 9.83. The predicted octanol–water partition coefficient (Wildman–Crippen LogP) is 2.71. The van der Waals surface area contributed by atoms with Crippen LogP contribution in [0.15, 0.2) is 23.8 Å². The van der Waals surface area contributed by atoms with Crippen molar-refractivity contribution in [2.24, 2.45) is 5.92 Å². The molecule has 82 valence electrons. The largest absolute Gasteiger partial charge is 0.469 e. The summed E-state index contributed by atoms with van der Waals surface area (Å²) in [7, 11) is 1.39. The van der Waals surface area contributed by atoms with E-state index in [-0.39, 0.29) is 11.9 Å². The van der Waals surface area contributed by atoms with E-state index in [4.69, 9.17) is 0 Å². The molecule has 0 aliphatic carbocycles. The van der Waals surface area contributed by atoms with E-state index < -0.39 is 0 Å². The first kappa shape index (κ1) is 13.5. The van der Waals surface area contributed by atoms with Gasteiger partial charge in [-0.05, 0) is 20.8 Å². The van der Waals surface area contributed by atoms with Crippen LogP contribution in [0.2, 0.25) is 0 Å². The standard InChI is InChI=1S/C13H18O2/c1-5-7-9-11(3)12(8-6-2)10-13(14)15-4/h5,7,9,12H,10H2,1-4H3/b7-5-,11-9+. The minimum absolute atomic E-state index is 0.0429. The van der Waals surface area contributed by atoms with E-state index in [1.165, 1.54) is 7.11 Å². The number of methoxy groups -OCH3 is 1. The summed E-state index contributed by atoms with van der Waals surface area (Å²) < 4.78 is 4.63. The molecule has 2 nitrogen and oxygen atoms in total. The maximum absolute atomic E-state index is 11.1. The van der Waals surface area contributed by atoms with Gasteiger partial charge in [0.15, 0.2) is 0 Å². The van der Waals surface area contributed by atoms with Crippen molar-refractivity contribution in [3.8, 4) is 11.8 Å². The Hall–Kier alpha value is -1.49. The van der Waals surface area contributed by atoms with Crippen LogP contribution in [0.1, 0.15) is 27.2 Å². The third-order valence-electron chi connectivity index (χ3n) is 2.02. The van der Waals surface area contributed by atoms with E-state index in [0.717, 1.165) is 5.57 Å². The van der Waals surface area contributed by atoms with Gasteiger partial charge in [0.25, 0.3) is 0 Å². The molecule has 0 saturated carbocycles. The van der Waals surface area contributed by atoms with Crippen LogP contribution in [-0.2, 0) is 9.53 Å². The molecule has 1 unspecified atom stereocenters. The Labute approximate surface area is 92.0 Å². The van der Waals surface area contributed by atoms with Gasteiger partial charge in [-0.15, -0.1) is 5.92 Å². The summed E-state index contributed by atoms with van der Waals surface area (Å²) in [6.07, 6.45) is 6.17. The van der Waals surface area contributed by atoms with E-state index in [2.05, 4.69) is 16.6 Å². The second-order valence-corrected chi connectivity index (χ2v) is 3.16. The van der Waals surface area contributed by atoms with Gasteiger partial charge in [0.1, 0.15) is 0 Å². The van der Waals surface area contributed by atoms with E-state index in [0.29, 0.717) is 6.42 Å². The number of hydrogen-bond donors (Lipinski definition) is 0. The highest BCUT2D eigenvalue weighted by Crippen LogP contribution is 2.14. The quantitative estimate of drug-likeness (QED) is 0.401. The highest BCUT2D eigenvalue weighted by molar-refractivity contribution is 5.70. The smallest absolute Gasteiger partial charge is 0.307 e. The van der Waals surface area contributed by atoms with Crippen molar-refractivity contribution in [1.82, 2.24) is 0 Å². The van der Waals surface area contributed by atoms with Crippen molar-refractivity contribution in [2.75, 3.05) is 7.11 Å². The first-order valence-corrected chi connectivity index (χ1v) is 4.94. The van der Waals surface area contributed by atoms with Gasteiger partial charge in [-0.3, -0.25) is 4.79 Å². The molecule has 2 heteroatoms. The van der Waals surface area contributed by atoms with Crippen molar-refractivity contribution in [1.29, 1.82) is 0 Å². The molecule has 0 amide bonds. The topological polar surface area (TPSA) is 26.3 Å². The third kappa shape index (κ3) is 5.74. The van der Waals surface area contributed by atoms with Crippen LogP contribution >= 0.6 is 0 Å². The Morgan fingerprint density at radius 1 is 1.53 bits per heavy atom. The maximum atomic E-state index is 11.1. The molecule has 0 radical (unpaired) electrons. The number of esters is 1. The maximum Gasteiger partial charge on any atom is 0.307 e. The molecule has 1 atom stereocenters. The van der Waals surface area contributed by atoms with Crippen LogP contribution in [0.5, 0.6) is 0 Å². The van der Waals surface area contributed by atoms with E-state index in [1.54, 1.807) is 6.92 Å². The Balaban J connectivity index is 4.63. The molecule has 0 N–H and O–H groups in total. The number of carbonyl (C=O) groups excluding carboxylic acids is 1. The van der Waals surface area contributed by atoms with Crippen molar-refractivity contribution < 1.29 is 9.53 Å². The highest BCUT2D eigenvalue weighted by atomic mass is 16.5. The van der Waals surface area contributed by atoms with Crippen LogP contribution in [0, 0.1) is 17.8 Å². The minimum atomic E-state index is -0.226. The van der Waals surface area contributed by atoms with Crippen LogP contribution in [0.4, 0.5) is 0 Å². The second-order valence-electron chi connectivity index (χ2n) is 3.16. The SMILES string of the molecule is CC#CC(CC(=O)OC)/C(C)=C/C=C\C.